The summed E-state index contributed by atoms with van der Waals surface area (Å²) < 4.78 is 0. The van der Waals surface area contributed by atoms with Crippen molar-refractivity contribution in [3.8, 4) is 0 Å². The van der Waals surface area contributed by atoms with Crippen LogP contribution < -0.4 is 5.32 Å². The largest absolute Gasteiger partial charge is 0.354 e. The SMILES string of the molecule is CNC(=O)c1cnc(C[C](C)C)s1. The molecule has 0 aliphatic carbocycles. The maximum Gasteiger partial charge on any atom is 0.262 e. The van der Waals surface area contributed by atoms with Gasteiger partial charge >= 0.3 is 0 Å². The van der Waals surface area contributed by atoms with Crippen molar-refractivity contribution >= 4 is 17.2 Å². The van der Waals surface area contributed by atoms with Gasteiger partial charge in [-0.15, -0.1) is 11.3 Å². The van der Waals surface area contributed by atoms with E-state index in [1.165, 1.54) is 17.3 Å². The van der Waals surface area contributed by atoms with Crippen LogP contribution in [0.25, 0.3) is 0 Å². The quantitative estimate of drug-likeness (QED) is 0.800. The van der Waals surface area contributed by atoms with Crippen LogP contribution in [0.15, 0.2) is 6.20 Å². The Labute approximate surface area is 82.2 Å². The molecule has 13 heavy (non-hydrogen) atoms. The van der Waals surface area contributed by atoms with Gasteiger partial charge in [0.05, 0.1) is 11.2 Å². The zero-order valence-corrected chi connectivity index (χ0v) is 8.86. The van der Waals surface area contributed by atoms with Gasteiger partial charge in [0.25, 0.3) is 5.91 Å². The Hall–Kier alpha value is -0.900. The van der Waals surface area contributed by atoms with E-state index in [1.807, 2.05) is 0 Å². The molecule has 0 atom stereocenters. The van der Waals surface area contributed by atoms with Gasteiger partial charge in [0, 0.05) is 13.5 Å². The second-order valence-electron chi connectivity index (χ2n) is 3.08. The molecule has 0 aliphatic rings. The third-order valence-electron chi connectivity index (χ3n) is 1.51. The van der Waals surface area contributed by atoms with Gasteiger partial charge in [-0.1, -0.05) is 13.8 Å². The summed E-state index contributed by atoms with van der Waals surface area (Å²) in [5.41, 5.74) is 0. The molecule has 0 aromatic carbocycles. The van der Waals surface area contributed by atoms with Gasteiger partial charge in [0.2, 0.25) is 0 Å². The molecule has 71 valence electrons. The van der Waals surface area contributed by atoms with Crippen molar-refractivity contribution in [1.82, 2.24) is 10.3 Å². The fourth-order valence-corrected chi connectivity index (χ4v) is 1.94. The first-order chi connectivity index (χ1) is 6.13. The zero-order valence-electron chi connectivity index (χ0n) is 8.05. The summed E-state index contributed by atoms with van der Waals surface area (Å²) in [6, 6.07) is 0. The molecule has 0 aliphatic heterocycles. The van der Waals surface area contributed by atoms with E-state index in [1.54, 1.807) is 13.2 Å². The smallest absolute Gasteiger partial charge is 0.262 e. The van der Waals surface area contributed by atoms with Gasteiger partial charge < -0.3 is 5.32 Å². The molecule has 1 radical (unpaired) electrons. The van der Waals surface area contributed by atoms with E-state index in [0.29, 0.717) is 4.88 Å². The highest BCUT2D eigenvalue weighted by molar-refractivity contribution is 7.13. The van der Waals surface area contributed by atoms with E-state index in [4.69, 9.17) is 0 Å². The van der Waals surface area contributed by atoms with Crippen LogP contribution >= 0.6 is 11.3 Å². The van der Waals surface area contributed by atoms with Crippen LogP contribution in [0.3, 0.4) is 0 Å². The van der Waals surface area contributed by atoms with Crippen LogP contribution in [-0.2, 0) is 6.42 Å². The Balaban J connectivity index is 2.69. The Morgan fingerprint density at radius 2 is 2.31 bits per heavy atom. The molecule has 0 fully saturated rings. The number of carbonyl (C=O) groups is 1. The van der Waals surface area contributed by atoms with Crippen molar-refractivity contribution in [3.05, 3.63) is 22.0 Å². The lowest BCUT2D eigenvalue weighted by Crippen LogP contribution is -2.16. The highest BCUT2D eigenvalue weighted by atomic mass is 32.1. The third-order valence-corrected chi connectivity index (χ3v) is 2.51. The molecule has 0 saturated carbocycles. The number of aromatic nitrogens is 1. The van der Waals surface area contributed by atoms with Crippen LogP contribution in [0.1, 0.15) is 28.5 Å². The molecule has 0 unspecified atom stereocenters. The molecule has 0 bridgehead atoms. The average Bonchev–Trinajstić information content (AvgIpc) is 2.50. The van der Waals surface area contributed by atoms with Crippen LogP contribution in [0.4, 0.5) is 0 Å². The molecule has 0 saturated heterocycles. The summed E-state index contributed by atoms with van der Waals surface area (Å²) in [7, 11) is 1.62. The van der Waals surface area contributed by atoms with Gasteiger partial charge in [-0.2, -0.15) is 0 Å². The summed E-state index contributed by atoms with van der Waals surface area (Å²) >= 11 is 1.45. The number of hydrogen-bond acceptors (Lipinski definition) is 3. The predicted octanol–water partition coefficient (Wildman–Crippen LogP) is 1.66. The second kappa shape index (κ2) is 4.37. The van der Waals surface area contributed by atoms with E-state index >= 15 is 0 Å². The molecule has 1 aromatic heterocycles. The van der Waals surface area contributed by atoms with E-state index < -0.39 is 0 Å². The lowest BCUT2D eigenvalue weighted by Gasteiger charge is -1.97. The van der Waals surface area contributed by atoms with Crippen molar-refractivity contribution < 1.29 is 4.79 Å². The average molecular weight is 197 g/mol. The molecule has 1 aromatic rings. The number of amides is 1. The summed E-state index contributed by atoms with van der Waals surface area (Å²) in [5, 5.41) is 3.57. The van der Waals surface area contributed by atoms with Crippen LogP contribution in [0.2, 0.25) is 0 Å². The van der Waals surface area contributed by atoms with Gasteiger partial charge in [-0.3, -0.25) is 4.79 Å². The lowest BCUT2D eigenvalue weighted by atomic mass is 10.1. The molecular formula is C9H13N2OS. The molecule has 0 spiro atoms. The number of carbonyl (C=O) groups excluding carboxylic acids is 1. The van der Waals surface area contributed by atoms with Crippen molar-refractivity contribution in [1.29, 1.82) is 0 Å². The monoisotopic (exact) mass is 197 g/mol. The highest BCUT2D eigenvalue weighted by Crippen LogP contribution is 2.16. The molecular weight excluding hydrogens is 184 g/mol. The third kappa shape index (κ3) is 2.81. The van der Waals surface area contributed by atoms with Crippen molar-refractivity contribution in [3.63, 3.8) is 0 Å². The normalized spacial score (nSPS) is 10.5. The number of hydrogen-bond donors (Lipinski definition) is 1. The van der Waals surface area contributed by atoms with Gasteiger partial charge in [0.15, 0.2) is 0 Å². The number of nitrogens with one attached hydrogen (secondary N) is 1. The molecule has 3 nitrogen and oxygen atoms in total. The molecule has 4 heteroatoms. The zero-order chi connectivity index (χ0) is 9.84. The van der Waals surface area contributed by atoms with E-state index in [2.05, 4.69) is 24.1 Å². The Morgan fingerprint density at radius 3 is 2.85 bits per heavy atom. The summed E-state index contributed by atoms with van der Waals surface area (Å²) in [5.74, 6) is 1.25. The Bertz CT molecular complexity index is 294. The molecule has 1 N–H and O–H groups in total. The van der Waals surface area contributed by atoms with Crippen molar-refractivity contribution in [2.75, 3.05) is 7.05 Å². The van der Waals surface area contributed by atoms with Crippen molar-refractivity contribution in [2.45, 2.75) is 20.3 Å². The van der Waals surface area contributed by atoms with E-state index in [0.717, 1.165) is 11.4 Å². The Kier molecular flexibility index (Phi) is 3.42. The first-order valence-corrected chi connectivity index (χ1v) is 4.91. The van der Waals surface area contributed by atoms with Gasteiger partial charge in [-0.05, 0) is 5.92 Å². The fraction of sp³-hybridized carbons (Fsp3) is 0.444. The van der Waals surface area contributed by atoms with Crippen LogP contribution in [-0.4, -0.2) is 17.9 Å². The van der Waals surface area contributed by atoms with Gasteiger partial charge in [-0.25, -0.2) is 4.98 Å². The van der Waals surface area contributed by atoms with Crippen LogP contribution in [0.5, 0.6) is 0 Å². The number of nitrogens with zero attached hydrogens (tertiary/aromatic N) is 1. The summed E-state index contributed by atoms with van der Waals surface area (Å²) in [6.07, 6.45) is 2.49. The maximum atomic E-state index is 11.2. The second-order valence-corrected chi connectivity index (χ2v) is 4.20. The first kappa shape index (κ1) is 10.2. The number of rotatable bonds is 3. The predicted molar refractivity (Wildman–Crippen MR) is 53.8 cm³/mol. The molecule has 1 amide bonds. The summed E-state index contributed by atoms with van der Waals surface area (Å²) in [6.45, 7) is 4.11. The topological polar surface area (TPSA) is 42.0 Å². The molecule has 1 heterocycles. The van der Waals surface area contributed by atoms with Gasteiger partial charge in [0.1, 0.15) is 4.88 Å². The van der Waals surface area contributed by atoms with E-state index in [9.17, 15) is 4.79 Å². The summed E-state index contributed by atoms with van der Waals surface area (Å²) in [4.78, 5) is 16.0. The van der Waals surface area contributed by atoms with Crippen LogP contribution in [0, 0.1) is 5.92 Å². The Morgan fingerprint density at radius 1 is 1.62 bits per heavy atom. The fourth-order valence-electron chi connectivity index (χ4n) is 0.923. The van der Waals surface area contributed by atoms with E-state index in [-0.39, 0.29) is 5.91 Å². The maximum absolute atomic E-state index is 11.2. The minimum atomic E-state index is -0.0579. The lowest BCUT2D eigenvalue weighted by molar-refractivity contribution is 0.0967. The first-order valence-electron chi connectivity index (χ1n) is 4.09. The minimum absolute atomic E-state index is 0.0579. The minimum Gasteiger partial charge on any atom is -0.354 e. The van der Waals surface area contributed by atoms with Crippen molar-refractivity contribution in [2.24, 2.45) is 0 Å². The molecule has 1 rings (SSSR count). The standard InChI is InChI=1S/C9H13N2OS/c1-6(2)4-8-11-5-7(13-8)9(12)10-3/h5H,4H2,1-3H3,(H,10,12). The number of thiazole rings is 1. The highest BCUT2D eigenvalue weighted by Gasteiger charge is 2.09.